The summed E-state index contributed by atoms with van der Waals surface area (Å²) in [6.07, 6.45) is 2.59. The second kappa shape index (κ2) is 7.50. The molecule has 9 nitrogen and oxygen atoms in total. The number of imide groups is 1. The van der Waals surface area contributed by atoms with E-state index in [2.05, 4.69) is 15.3 Å². The molecular formula is C18H18N4O5. The molecule has 1 unspecified atom stereocenters. The van der Waals surface area contributed by atoms with Gasteiger partial charge in [0.25, 0.3) is 5.91 Å². The molecule has 1 aliphatic heterocycles. The van der Waals surface area contributed by atoms with Gasteiger partial charge >= 0.3 is 5.97 Å². The molecule has 2 heterocycles. The third kappa shape index (κ3) is 3.77. The Labute approximate surface area is 154 Å². The second-order valence-corrected chi connectivity index (χ2v) is 6.12. The molecule has 140 valence electrons. The monoisotopic (exact) mass is 370 g/mol. The van der Waals surface area contributed by atoms with Gasteiger partial charge in [-0.05, 0) is 43.7 Å². The third-order valence-corrected chi connectivity index (χ3v) is 4.28. The highest BCUT2D eigenvalue weighted by molar-refractivity contribution is 6.15. The summed E-state index contributed by atoms with van der Waals surface area (Å²) in [5.41, 5.74) is 0.519. The fraction of sp³-hybridized carbons (Fsp3) is 0.278. The van der Waals surface area contributed by atoms with Crippen LogP contribution in [0.4, 0.5) is 5.69 Å². The summed E-state index contributed by atoms with van der Waals surface area (Å²) in [7, 11) is 0. The Kier molecular flexibility index (Phi) is 5.13. The zero-order chi connectivity index (χ0) is 19.6. The number of nitrogens with one attached hydrogen (secondary N) is 1. The van der Waals surface area contributed by atoms with Gasteiger partial charge in [0.05, 0.1) is 11.7 Å². The van der Waals surface area contributed by atoms with Crippen LogP contribution in [-0.4, -0.2) is 50.6 Å². The molecule has 1 atom stereocenters. The maximum Gasteiger partial charge on any atom is 0.342 e. The van der Waals surface area contributed by atoms with Crippen LogP contribution in [0.3, 0.4) is 0 Å². The Morgan fingerprint density at radius 3 is 2.44 bits per heavy atom. The number of carbonyl (C=O) groups excluding carboxylic acids is 2. The van der Waals surface area contributed by atoms with Crippen LogP contribution in [0.25, 0.3) is 11.4 Å². The molecule has 1 aromatic carbocycles. The minimum atomic E-state index is -1.33. The molecule has 1 fully saturated rings. The lowest BCUT2D eigenvalue weighted by atomic mass is 10.1. The molecule has 3 N–H and O–H groups in total. The molecule has 0 saturated carbocycles. The summed E-state index contributed by atoms with van der Waals surface area (Å²) in [6, 6.07) is 5.97. The van der Waals surface area contributed by atoms with Crippen molar-refractivity contribution >= 4 is 23.5 Å². The number of rotatable bonds is 4. The molecule has 1 aromatic heterocycles. The Hall–Kier alpha value is -3.33. The summed E-state index contributed by atoms with van der Waals surface area (Å²) in [5, 5.41) is 21.7. The fourth-order valence-electron chi connectivity index (χ4n) is 2.94. The van der Waals surface area contributed by atoms with Gasteiger partial charge in [-0.1, -0.05) is 0 Å². The van der Waals surface area contributed by atoms with Crippen LogP contribution in [0.5, 0.6) is 5.88 Å². The molecule has 2 amide bonds. The lowest BCUT2D eigenvalue weighted by molar-refractivity contribution is -0.126. The standard InChI is InChI=1S/C18H18N4O5/c1-10(23)22(17(25)14-3-2-8-19-14)12-6-4-11(5-7-12)15-20-9-13(18(26)27)16(24)21-15/h4-7,9,14,19H,2-3,8H2,1H3,(H,26,27)(H,20,21,24). The predicted molar refractivity (Wildman–Crippen MR) is 95.3 cm³/mol. The number of aromatic hydroxyl groups is 1. The molecule has 3 rings (SSSR count). The number of carboxylic acid groups (broad SMARTS) is 1. The molecule has 0 spiro atoms. The van der Waals surface area contributed by atoms with Crippen molar-refractivity contribution in [3.8, 4) is 17.3 Å². The normalized spacial score (nSPS) is 16.1. The van der Waals surface area contributed by atoms with Gasteiger partial charge in [-0.3, -0.25) is 9.59 Å². The highest BCUT2D eigenvalue weighted by Crippen LogP contribution is 2.24. The number of aromatic nitrogens is 2. The Bertz CT molecular complexity index is 891. The number of carboxylic acids is 1. The minimum Gasteiger partial charge on any atom is -0.493 e. The van der Waals surface area contributed by atoms with E-state index in [-0.39, 0.29) is 23.7 Å². The minimum absolute atomic E-state index is 0.127. The van der Waals surface area contributed by atoms with E-state index >= 15 is 0 Å². The number of nitrogens with zero attached hydrogens (tertiary/aromatic N) is 3. The van der Waals surface area contributed by atoms with Gasteiger partial charge in [0.2, 0.25) is 11.8 Å². The zero-order valence-corrected chi connectivity index (χ0v) is 14.5. The van der Waals surface area contributed by atoms with Gasteiger partial charge in [-0.2, -0.15) is 4.98 Å². The van der Waals surface area contributed by atoms with Crippen LogP contribution < -0.4 is 10.2 Å². The average molecular weight is 370 g/mol. The summed E-state index contributed by atoms with van der Waals surface area (Å²) >= 11 is 0. The average Bonchev–Trinajstić information content (AvgIpc) is 3.16. The van der Waals surface area contributed by atoms with E-state index in [4.69, 9.17) is 5.11 Å². The largest absolute Gasteiger partial charge is 0.493 e. The van der Waals surface area contributed by atoms with Crippen LogP contribution in [0.15, 0.2) is 30.5 Å². The van der Waals surface area contributed by atoms with Gasteiger partial charge in [0.15, 0.2) is 5.82 Å². The van der Waals surface area contributed by atoms with Gasteiger partial charge < -0.3 is 15.5 Å². The van der Waals surface area contributed by atoms with Crippen molar-refractivity contribution in [2.75, 3.05) is 11.4 Å². The van der Waals surface area contributed by atoms with E-state index in [1.54, 1.807) is 24.3 Å². The number of carbonyl (C=O) groups is 3. The number of anilines is 1. The van der Waals surface area contributed by atoms with Crippen molar-refractivity contribution in [2.24, 2.45) is 0 Å². The molecule has 1 saturated heterocycles. The summed E-state index contributed by atoms with van der Waals surface area (Å²) in [5.74, 6) is -2.52. The van der Waals surface area contributed by atoms with E-state index in [0.29, 0.717) is 17.7 Å². The van der Waals surface area contributed by atoms with E-state index in [1.807, 2.05) is 0 Å². The zero-order valence-electron chi connectivity index (χ0n) is 14.5. The topological polar surface area (TPSA) is 133 Å². The highest BCUT2D eigenvalue weighted by Gasteiger charge is 2.30. The first-order valence-corrected chi connectivity index (χ1v) is 8.36. The molecule has 27 heavy (non-hydrogen) atoms. The third-order valence-electron chi connectivity index (χ3n) is 4.28. The van der Waals surface area contributed by atoms with Crippen LogP contribution >= 0.6 is 0 Å². The van der Waals surface area contributed by atoms with Crippen molar-refractivity contribution < 1.29 is 24.6 Å². The Morgan fingerprint density at radius 1 is 1.22 bits per heavy atom. The molecule has 0 aliphatic carbocycles. The SMILES string of the molecule is CC(=O)N(C(=O)C1CCCN1)c1ccc(-c2ncc(C(=O)O)c(O)n2)cc1. The first-order chi connectivity index (χ1) is 12.9. The number of amides is 2. The Morgan fingerprint density at radius 2 is 1.93 bits per heavy atom. The van der Waals surface area contributed by atoms with Gasteiger partial charge in [0.1, 0.15) is 5.56 Å². The first kappa shape index (κ1) is 18.5. The number of benzene rings is 1. The molecule has 1 aliphatic rings. The smallest absolute Gasteiger partial charge is 0.342 e. The predicted octanol–water partition coefficient (Wildman–Crippen LogP) is 1.18. The quantitative estimate of drug-likeness (QED) is 0.731. The van der Waals surface area contributed by atoms with Crippen LogP contribution in [0, 0.1) is 0 Å². The van der Waals surface area contributed by atoms with E-state index in [9.17, 15) is 19.5 Å². The number of hydrogen-bond donors (Lipinski definition) is 3. The van der Waals surface area contributed by atoms with Crippen molar-refractivity contribution in [1.82, 2.24) is 15.3 Å². The molecule has 9 heteroatoms. The Balaban J connectivity index is 1.87. The molecular weight excluding hydrogens is 352 g/mol. The van der Waals surface area contributed by atoms with Gasteiger partial charge in [0, 0.05) is 18.7 Å². The lowest BCUT2D eigenvalue weighted by Gasteiger charge is -2.23. The fourth-order valence-corrected chi connectivity index (χ4v) is 2.94. The van der Waals surface area contributed by atoms with Gasteiger partial charge in [-0.15, -0.1) is 0 Å². The van der Waals surface area contributed by atoms with Crippen molar-refractivity contribution in [1.29, 1.82) is 0 Å². The highest BCUT2D eigenvalue weighted by atomic mass is 16.4. The van der Waals surface area contributed by atoms with E-state index in [0.717, 1.165) is 24.1 Å². The second-order valence-electron chi connectivity index (χ2n) is 6.12. The van der Waals surface area contributed by atoms with Crippen LogP contribution in [0.2, 0.25) is 0 Å². The number of hydrogen-bond acceptors (Lipinski definition) is 7. The van der Waals surface area contributed by atoms with E-state index in [1.165, 1.54) is 6.92 Å². The van der Waals surface area contributed by atoms with Crippen molar-refractivity contribution in [2.45, 2.75) is 25.8 Å². The summed E-state index contributed by atoms with van der Waals surface area (Å²) in [4.78, 5) is 44.4. The summed E-state index contributed by atoms with van der Waals surface area (Å²) in [6.45, 7) is 2.07. The van der Waals surface area contributed by atoms with Crippen LogP contribution in [-0.2, 0) is 9.59 Å². The van der Waals surface area contributed by atoms with Crippen LogP contribution in [0.1, 0.15) is 30.1 Å². The maximum atomic E-state index is 12.6. The molecule has 2 aromatic rings. The number of aromatic carboxylic acids is 1. The van der Waals surface area contributed by atoms with Crippen molar-refractivity contribution in [3.05, 3.63) is 36.0 Å². The van der Waals surface area contributed by atoms with E-state index < -0.39 is 17.4 Å². The maximum absolute atomic E-state index is 12.6. The van der Waals surface area contributed by atoms with Crippen molar-refractivity contribution in [3.63, 3.8) is 0 Å². The lowest BCUT2D eigenvalue weighted by Crippen LogP contribution is -2.46. The molecule has 0 radical (unpaired) electrons. The van der Waals surface area contributed by atoms with Gasteiger partial charge in [-0.25, -0.2) is 14.7 Å². The summed E-state index contributed by atoms with van der Waals surface area (Å²) < 4.78 is 0. The first-order valence-electron chi connectivity index (χ1n) is 8.36. The molecule has 0 bridgehead atoms.